The van der Waals surface area contributed by atoms with Crippen LogP contribution in [0.25, 0.3) is 22.6 Å². The molecule has 2 N–H and O–H groups in total. The Balaban J connectivity index is 1.79. The molecular formula is C16H14Cl2N2O2. The molecule has 3 rings (SSSR count). The molecule has 22 heavy (non-hydrogen) atoms. The van der Waals surface area contributed by atoms with Gasteiger partial charge in [-0.15, -0.1) is 11.6 Å². The number of nitrogens with one attached hydrogen (secondary N) is 1. The van der Waals surface area contributed by atoms with Gasteiger partial charge < -0.3 is 14.8 Å². The highest BCUT2D eigenvalue weighted by Crippen LogP contribution is 2.27. The number of oxazole rings is 1. The van der Waals surface area contributed by atoms with Gasteiger partial charge in [0.1, 0.15) is 5.52 Å². The number of anilines is 1. The summed E-state index contributed by atoms with van der Waals surface area (Å²) < 4.78 is 5.72. The lowest BCUT2D eigenvalue weighted by Crippen LogP contribution is -2.20. The lowest BCUT2D eigenvalue weighted by atomic mass is 10.2. The van der Waals surface area contributed by atoms with E-state index in [-0.39, 0.29) is 5.88 Å². The standard InChI is InChI=1S/C16H14Cl2N2O2/c17-8-13(21)9-19-12-4-1-10(2-5-12)16-20-14-7-11(18)3-6-15(14)22-16/h1-7,13,19,21H,8-9H2. The highest BCUT2D eigenvalue weighted by molar-refractivity contribution is 6.31. The predicted molar refractivity (Wildman–Crippen MR) is 89.7 cm³/mol. The second-order valence-corrected chi connectivity index (χ2v) is 5.64. The zero-order chi connectivity index (χ0) is 15.5. The fourth-order valence-electron chi connectivity index (χ4n) is 2.04. The third kappa shape index (κ3) is 3.35. The monoisotopic (exact) mass is 336 g/mol. The molecule has 3 aromatic rings. The summed E-state index contributed by atoms with van der Waals surface area (Å²) in [6.45, 7) is 0.407. The van der Waals surface area contributed by atoms with E-state index in [0.29, 0.717) is 23.0 Å². The van der Waals surface area contributed by atoms with Crippen molar-refractivity contribution in [3.63, 3.8) is 0 Å². The Kier molecular flexibility index (Phi) is 4.52. The summed E-state index contributed by atoms with van der Waals surface area (Å²) in [6, 6.07) is 13.0. The van der Waals surface area contributed by atoms with Gasteiger partial charge >= 0.3 is 0 Å². The molecule has 0 aliphatic carbocycles. The van der Waals surface area contributed by atoms with Crippen molar-refractivity contribution in [1.82, 2.24) is 4.98 Å². The lowest BCUT2D eigenvalue weighted by molar-refractivity contribution is 0.211. The summed E-state index contributed by atoms with van der Waals surface area (Å²) in [5.41, 5.74) is 3.20. The fourth-order valence-corrected chi connectivity index (χ4v) is 2.32. The number of alkyl halides is 1. The van der Waals surface area contributed by atoms with E-state index in [0.717, 1.165) is 16.8 Å². The summed E-state index contributed by atoms with van der Waals surface area (Å²) in [7, 11) is 0. The summed E-state index contributed by atoms with van der Waals surface area (Å²) in [5.74, 6) is 0.751. The number of hydrogen-bond donors (Lipinski definition) is 2. The van der Waals surface area contributed by atoms with Gasteiger partial charge in [-0.2, -0.15) is 0 Å². The SMILES string of the molecule is OC(CCl)CNc1ccc(-c2nc3cc(Cl)ccc3o2)cc1. The molecule has 0 saturated carbocycles. The maximum Gasteiger partial charge on any atom is 0.227 e. The van der Waals surface area contributed by atoms with Gasteiger partial charge in [0.2, 0.25) is 5.89 Å². The Bertz CT molecular complexity index is 771. The topological polar surface area (TPSA) is 58.3 Å². The summed E-state index contributed by atoms with van der Waals surface area (Å²) in [5, 5.41) is 13.2. The molecule has 1 atom stereocenters. The van der Waals surface area contributed by atoms with E-state index in [1.165, 1.54) is 0 Å². The number of fused-ring (bicyclic) bond motifs is 1. The van der Waals surface area contributed by atoms with E-state index in [1.54, 1.807) is 18.2 Å². The zero-order valence-electron chi connectivity index (χ0n) is 11.6. The largest absolute Gasteiger partial charge is 0.436 e. The number of aliphatic hydroxyl groups is 1. The van der Waals surface area contributed by atoms with Crippen molar-refractivity contribution in [2.45, 2.75) is 6.10 Å². The molecule has 0 bridgehead atoms. The van der Waals surface area contributed by atoms with Crippen LogP contribution in [-0.2, 0) is 0 Å². The molecule has 0 saturated heterocycles. The molecular weight excluding hydrogens is 323 g/mol. The van der Waals surface area contributed by atoms with E-state index in [9.17, 15) is 5.11 Å². The molecule has 1 heterocycles. The predicted octanol–water partition coefficient (Wildman–Crippen LogP) is 4.16. The van der Waals surface area contributed by atoms with Crippen LogP contribution in [0.4, 0.5) is 5.69 Å². The average Bonchev–Trinajstić information content (AvgIpc) is 2.96. The molecule has 114 valence electrons. The van der Waals surface area contributed by atoms with Crippen LogP contribution in [0.15, 0.2) is 46.9 Å². The van der Waals surface area contributed by atoms with Gasteiger partial charge in [0.05, 0.1) is 12.0 Å². The Morgan fingerprint density at radius 1 is 1.18 bits per heavy atom. The molecule has 0 aliphatic rings. The number of hydrogen-bond acceptors (Lipinski definition) is 4. The normalized spacial score (nSPS) is 12.5. The van der Waals surface area contributed by atoms with Crippen LogP contribution in [0.2, 0.25) is 5.02 Å². The number of aliphatic hydroxyl groups excluding tert-OH is 1. The Morgan fingerprint density at radius 2 is 1.95 bits per heavy atom. The molecule has 1 aromatic heterocycles. The van der Waals surface area contributed by atoms with Gasteiger partial charge in [-0.3, -0.25) is 0 Å². The summed E-state index contributed by atoms with van der Waals surface area (Å²) >= 11 is 11.5. The third-order valence-corrected chi connectivity index (χ3v) is 3.79. The first kappa shape index (κ1) is 15.2. The van der Waals surface area contributed by atoms with E-state index < -0.39 is 6.10 Å². The Morgan fingerprint density at radius 3 is 2.68 bits per heavy atom. The quantitative estimate of drug-likeness (QED) is 0.687. The highest BCUT2D eigenvalue weighted by Gasteiger charge is 2.09. The first-order chi connectivity index (χ1) is 10.7. The number of rotatable bonds is 5. The lowest BCUT2D eigenvalue weighted by Gasteiger charge is -2.09. The smallest absolute Gasteiger partial charge is 0.227 e. The summed E-state index contributed by atoms with van der Waals surface area (Å²) in [6.07, 6.45) is -0.567. The van der Waals surface area contributed by atoms with E-state index >= 15 is 0 Å². The van der Waals surface area contributed by atoms with E-state index in [2.05, 4.69) is 10.3 Å². The third-order valence-electron chi connectivity index (χ3n) is 3.20. The van der Waals surface area contributed by atoms with E-state index in [4.69, 9.17) is 27.6 Å². The molecule has 0 fully saturated rings. The maximum absolute atomic E-state index is 9.42. The van der Waals surface area contributed by atoms with Crippen molar-refractivity contribution in [3.05, 3.63) is 47.5 Å². The van der Waals surface area contributed by atoms with Gasteiger partial charge in [-0.25, -0.2) is 4.98 Å². The molecule has 6 heteroatoms. The first-order valence-corrected chi connectivity index (χ1v) is 7.71. The zero-order valence-corrected chi connectivity index (χ0v) is 13.1. The van der Waals surface area contributed by atoms with E-state index in [1.807, 2.05) is 24.3 Å². The van der Waals surface area contributed by atoms with Crippen LogP contribution in [-0.4, -0.2) is 28.6 Å². The Labute approximate surface area is 137 Å². The second kappa shape index (κ2) is 6.57. The van der Waals surface area contributed by atoms with Gasteiger partial charge in [-0.05, 0) is 42.5 Å². The second-order valence-electron chi connectivity index (χ2n) is 4.90. The molecule has 4 nitrogen and oxygen atoms in total. The van der Waals surface area contributed by atoms with Crippen LogP contribution in [0.5, 0.6) is 0 Å². The maximum atomic E-state index is 9.42. The first-order valence-electron chi connectivity index (χ1n) is 6.80. The number of aromatic nitrogens is 1. The van der Waals surface area contributed by atoms with Crippen LogP contribution >= 0.6 is 23.2 Å². The minimum absolute atomic E-state index is 0.205. The highest BCUT2D eigenvalue weighted by atomic mass is 35.5. The number of benzene rings is 2. The van der Waals surface area contributed by atoms with Gasteiger partial charge in [-0.1, -0.05) is 11.6 Å². The molecule has 0 spiro atoms. The van der Waals surface area contributed by atoms with Crippen molar-refractivity contribution in [2.24, 2.45) is 0 Å². The molecule has 2 aromatic carbocycles. The molecule has 1 unspecified atom stereocenters. The molecule has 0 amide bonds. The minimum Gasteiger partial charge on any atom is -0.436 e. The molecule has 0 radical (unpaired) electrons. The Hall–Kier alpha value is -1.75. The van der Waals surface area contributed by atoms with Gasteiger partial charge in [0.25, 0.3) is 0 Å². The average molecular weight is 337 g/mol. The number of nitrogens with zero attached hydrogens (tertiary/aromatic N) is 1. The van der Waals surface area contributed by atoms with Crippen molar-refractivity contribution in [3.8, 4) is 11.5 Å². The van der Waals surface area contributed by atoms with Crippen LogP contribution < -0.4 is 5.32 Å². The van der Waals surface area contributed by atoms with Crippen molar-refractivity contribution >= 4 is 40.0 Å². The van der Waals surface area contributed by atoms with Crippen LogP contribution in [0, 0.1) is 0 Å². The van der Waals surface area contributed by atoms with Crippen molar-refractivity contribution < 1.29 is 9.52 Å². The van der Waals surface area contributed by atoms with Crippen LogP contribution in [0.1, 0.15) is 0 Å². The summed E-state index contributed by atoms with van der Waals surface area (Å²) in [4.78, 5) is 4.43. The molecule has 0 aliphatic heterocycles. The van der Waals surface area contributed by atoms with Crippen molar-refractivity contribution in [1.29, 1.82) is 0 Å². The number of halogens is 2. The minimum atomic E-state index is -0.567. The van der Waals surface area contributed by atoms with Crippen molar-refractivity contribution in [2.75, 3.05) is 17.7 Å². The van der Waals surface area contributed by atoms with Crippen LogP contribution in [0.3, 0.4) is 0 Å². The van der Waals surface area contributed by atoms with Gasteiger partial charge in [0.15, 0.2) is 5.58 Å². The fraction of sp³-hybridized carbons (Fsp3) is 0.188. The van der Waals surface area contributed by atoms with Gasteiger partial charge in [0, 0.05) is 22.8 Å².